The van der Waals surface area contributed by atoms with Crippen LogP contribution in [0.5, 0.6) is 0 Å². The molecule has 0 aliphatic carbocycles. The molecule has 3 nitrogen and oxygen atoms in total. The minimum atomic E-state index is -0.00314. The van der Waals surface area contributed by atoms with Crippen molar-refractivity contribution in [3.63, 3.8) is 0 Å². The minimum Gasteiger partial charge on any atom is -0.352 e. The van der Waals surface area contributed by atoms with Gasteiger partial charge in [-0.2, -0.15) is 0 Å². The van der Waals surface area contributed by atoms with E-state index < -0.39 is 0 Å². The van der Waals surface area contributed by atoms with Crippen LogP contribution >= 0.6 is 0 Å². The van der Waals surface area contributed by atoms with E-state index >= 15 is 0 Å². The van der Waals surface area contributed by atoms with Crippen LogP contribution in [0.2, 0.25) is 0 Å². The summed E-state index contributed by atoms with van der Waals surface area (Å²) in [5, 5.41) is 3.96. The van der Waals surface area contributed by atoms with Crippen LogP contribution in [0.4, 0.5) is 0 Å². The maximum absolute atomic E-state index is 12.0. The standard InChI is InChI=1S/C18H24N2O/c1-4-5-10-19-18(21)15-7-9-17-14(12-15)6-8-16(20-17)11-13(2)3/h6-9,12-13H,4-5,10-11H2,1-3H3,(H,19,21). The van der Waals surface area contributed by atoms with Gasteiger partial charge in [0.1, 0.15) is 0 Å². The van der Waals surface area contributed by atoms with E-state index in [0.717, 1.165) is 42.4 Å². The van der Waals surface area contributed by atoms with Gasteiger partial charge >= 0.3 is 0 Å². The fourth-order valence-corrected chi connectivity index (χ4v) is 2.32. The van der Waals surface area contributed by atoms with Crippen molar-refractivity contribution in [1.82, 2.24) is 10.3 Å². The first-order valence-electron chi connectivity index (χ1n) is 7.78. The lowest BCUT2D eigenvalue weighted by Gasteiger charge is -2.08. The number of benzene rings is 1. The lowest BCUT2D eigenvalue weighted by molar-refractivity contribution is 0.0953. The third-order valence-electron chi connectivity index (χ3n) is 3.44. The number of amides is 1. The second-order valence-corrected chi connectivity index (χ2v) is 5.92. The molecule has 21 heavy (non-hydrogen) atoms. The van der Waals surface area contributed by atoms with Crippen LogP contribution in [0.15, 0.2) is 30.3 Å². The largest absolute Gasteiger partial charge is 0.352 e. The monoisotopic (exact) mass is 284 g/mol. The number of hydrogen-bond acceptors (Lipinski definition) is 2. The van der Waals surface area contributed by atoms with Gasteiger partial charge < -0.3 is 5.32 Å². The van der Waals surface area contributed by atoms with E-state index in [1.165, 1.54) is 0 Å². The van der Waals surface area contributed by atoms with Gasteiger partial charge in [0.2, 0.25) is 0 Å². The molecule has 2 rings (SSSR count). The van der Waals surface area contributed by atoms with Crippen LogP contribution < -0.4 is 5.32 Å². The summed E-state index contributed by atoms with van der Waals surface area (Å²) in [5.74, 6) is 0.593. The molecule has 2 aromatic rings. The summed E-state index contributed by atoms with van der Waals surface area (Å²) in [7, 11) is 0. The van der Waals surface area contributed by atoms with Crippen molar-refractivity contribution in [2.45, 2.75) is 40.0 Å². The molecule has 0 unspecified atom stereocenters. The van der Waals surface area contributed by atoms with E-state index in [4.69, 9.17) is 0 Å². The summed E-state index contributed by atoms with van der Waals surface area (Å²) in [4.78, 5) is 16.7. The minimum absolute atomic E-state index is 0.00314. The second kappa shape index (κ2) is 7.21. The Kier molecular flexibility index (Phi) is 5.32. The molecule has 0 radical (unpaired) electrons. The summed E-state index contributed by atoms with van der Waals surface area (Å²) in [6, 6.07) is 9.83. The molecule has 0 aliphatic rings. The van der Waals surface area contributed by atoms with Gasteiger partial charge in [-0.15, -0.1) is 0 Å². The number of nitrogens with one attached hydrogen (secondary N) is 1. The van der Waals surface area contributed by atoms with Crippen molar-refractivity contribution in [1.29, 1.82) is 0 Å². The van der Waals surface area contributed by atoms with Crippen molar-refractivity contribution in [3.05, 3.63) is 41.6 Å². The lowest BCUT2D eigenvalue weighted by Crippen LogP contribution is -2.24. The predicted octanol–water partition coefficient (Wildman–Crippen LogP) is 3.96. The third kappa shape index (κ3) is 4.28. The normalized spacial score (nSPS) is 11.0. The van der Waals surface area contributed by atoms with Crippen LogP contribution in [-0.4, -0.2) is 17.4 Å². The second-order valence-electron chi connectivity index (χ2n) is 5.92. The van der Waals surface area contributed by atoms with Gasteiger partial charge in [-0.05, 0) is 43.0 Å². The molecule has 1 amide bonds. The Balaban J connectivity index is 2.16. The SMILES string of the molecule is CCCCNC(=O)c1ccc2nc(CC(C)C)ccc2c1. The number of fused-ring (bicyclic) bond motifs is 1. The quantitative estimate of drug-likeness (QED) is 0.816. The van der Waals surface area contributed by atoms with Crippen LogP contribution in [0.25, 0.3) is 10.9 Å². The highest BCUT2D eigenvalue weighted by Crippen LogP contribution is 2.16. The topological polar surface area (TPSA) is 42.0 Å². The maximum Gasteiger partial charge on any atom is 0.251 e. The Bertz CT molecular complexity index is 620. The molecule has 0 saturated heterocycles. The van der Waals surface area contributed by atoms with Crippen LogP contribution in [0, 0.1) is 5.92 Å². The first kappa shape index (κ1) is 15.5. The van der Waals surface area contributed by atoms with E-state index in [1.807, 2.05) is 18.2 Å². The Hall–Kier alpha value is -1.90. The number of rotatable bonds is 6. The Morgan fingerprint density at radius 2 is 2.05 bits per heavy atom. The number of carbonyl (C=O) groups excluding carboxylic acids is 1. The van der Waals surface area contributed by atoms with Crippen molar-refractivity contribution < 1.29 is 4.79 Å². The van der Waals surface area contributed by atoms with Gasteiger partial charge in [-0.25, -0.2) is 0 Å². The molecule has 1 N–H and O–H groups in total. The zero-order chi connectivity index (χ0) is 15.2. The molecule has 0 bridgehead atoms. The van der Waals surface area contributed by atoms with Crippen LogP contribution in [0.3, 0.4) is 0 Å². The Morgan fingerprint density at radius 3 is 2.76 bits per heavy atom. The fourth-order valence-electron chi connectivity index (χ4n) is 2.32. The molecule has 0 spiro atoms. The molecule has 1 aromatic carbocycles. The van der Waals surface area contributed by atoms with Gasteiger partial charge in [-0.3, -0.25) is 9.78 Å². The molecule has 3 heteroatoms. The van der Waals surface area contributed by atoms with Gasteiger partial charge in [-0.1, -0.05) is 33.3 Å². The predicted molar refractivity (Wildman–Crippen MR) is 87.5 cm³/mol. The molecule has 0 fully saturated rings. The Labute approximate surface area is 126 Å². The van der Waals surface area contributed by atoms with Crippen LogP contribution in [-0.2, 0) is 6.42 Å². The van der Waals surface area contributed by atoms with E-state index in [1.54, 1.807) is 0 Å². The van der Waals surface area contributed by atoms with E-state index in [9.17, 15) is 4.79 Å². The van der Waals surface area contributed by atoms with Crippen molar-refractivity contribution in [3.8, 4) is 0 Å². The molecule has 112 valence electrons. The van der Waals surface area contributed by atoms with Crippen LogP contribution in [0.1, 0.15) is 49.7 Å². The molecule has 1 aromatic heterocycles. The highest BCUT2D eigenvalue weighted by atomic mass is 16.1. The Morgan fingerprint density at radius 1 is 1.24 bits per heavy atom. The first-order chi connectivity index (χ1) is 10.1. The third-order valence-corrected chi connectivity index (χ3v) is 3.44. The van der Waals surface area contributed by atoms with Gasteiger partial charge in [0.25, 0.3) is 5.91 Å². The number of pyridine rings is 1. The zero-order valence-electron chi connectivity index (χ0n) is 13.1. The van der Waals surface area contributed by atoms with Crippen molar-refractivity contribution in [2.75, 3.05) is 6.54 Å². The van der Waals surface area contributed by atoms with Gasteiger partial charge in [0.15, 0.2) is 0 Å². The number of unbranched alkanes of at least 4 members (excludes halogenated alkanes) is 1. The van der Waals surface area contributed by atoms with E-state index in [-0.39, 0.29) is 5.91 Å². The zero-order valence-corrected chi connectivity index (χ0v) is 13.1. The highest BCUT2D eigenvalue weighted by molar-refractivity contribution is 5.97. The molecular formula is C18H24N2O. The number of hydrogen-bond donors (Lipinski definition) is 1. The molecule has 1 heterocycles. The summed E-state index contributed by atoms with van der Waals surface area (Å²) in [6.07, 6.45) is 3.08. The molecule has 0 saturated carbocycles. The number of aromatic nitrogens is 1. The average Bonchev–Trinajstić information content (AvgIpc) is 2.46. The smallest absolute Gasteiger partial charge is 0.251 e. The highest BCUT2D eigenvalue weighted by Gasteiger charge is 2.07. The van der Waals surface area contributed by atoms with E-state index in [2.05, 4.69) is 43.2 Å². The summed E-state index contributed by atoms with van der Waals surface area (Å²) < 4.78 is 0. The van der Waals surface area contributed by atoms with Crippen molar-refractivity contribution in [2.24, 2.45) is 5.92 Å². The van der Waals surface area contributed by atoms with Gasteiger partial charge in [0, 0.05) is 23.2 Å². The first-order valence-corrected chi connectivity index (χ1v) is 7.78. The fraction of sp³-hybridized carbons (Fsp3) is 0.444. The maximum atomic E-state index is 12.0. The van der Waals surface area contributed by atoms with Crippen molar-refractivity contribution >= 4 is 16.8 Å². The lowest BCUT2D eigenvalue weighted by atomic mass is 10.1. The number of carbonyl (C=O) groups is 1. The van der Waals surface area contributed by atoms with E-state index in [0.29, 0.717) is 11.5 Å². The summed E-state index contributed by atoms with van der Waals surface area (Å²) >= 11 is 0. The van der Waals surface area contributed by atoms with Gasteiger partial charge in [0.05, 0.1) is 5.52 Å². The molecular weight excluding hydrogens is 260 g/mol. The number of nitrogens with zero attached hydrogens (tertiary/aromatic N) is 1. The summed E-state index contributed by atoms with van der Waals surface area (Å²) in [6.45, 7) is 7.23. The summed E-state index contributed by atoms with van der Waals surface area (Å²) in [5.41, 5.74) is 2.77. The molecule has 0 atom stereocenters. The average molecular weight is 284 g/mol. The molecule has 0 aliphatic heterocycles.